The van der Waals surface area contributed by atoms with Crippen LogP contribution in [-0.2, 0) is 55.9 Å². The van der Waals surface area contributed by atoms with Crippen molar-refractivity contribution in [3.8, 4) is 0 Å². The quantitative estimate of drug-likeness (QED) is 0.0862. The number of benzene rings is 2. The predicted molar refractivity (Wildman–Crippen MR) is 232 cm³/mol. The number of nitrogens with zero attached hydrogens (tertiary/aromatic N) is 2. The maximum absolute atomic E-state index is 15.7. The summed E-state index contributed by atoms with van der Waals surface area (Å²) >= 11 is 2.25. The molecule has 2 aromatic carbocycles. The van der Waals surface area contributed by atoms with Crippen LogP contribution in [0.4, 0.5) is 0 Å². The molecule has 13 nitrogen and oxygen atoms in total. The minimum Gasteiger partial charge on any atom is -0.460 e. The lowest BCUT2D eigenvalue weighted by atomic mass is 9.62. The van der Waals surface area contributed by atoms with Gasteiger partial charge in [0.2, 0.25) is 11.8 Å². The van der Waals surface area contributed by atoms with E-state index in [9.17, 15) is 19.5 Å². The fourth-order valence-corrected chi connectivity index (χ4v) is 10.0. The average Bonchev–Trinajstić information content (AvgIpc) is 3.76. The second kappa shape index (κ2) is 19.9. The number of hydrogen-bond donors (Lipinski definition) is 2. The van der Waals surface area contributed by atoms with Crippen LogP contribution in [0.15, 0.2) is 54.6 Å². The van der Waals surface area contributed by atoms with E-state index in [4.69, 9.17) is 23.8 Å². The minimum atomic E-state index is -1.49. The number of nitrogens with one attached hydrogen (secondary N) is 1. The molecule has 4 aliphatic rings. The molecule has 1 aliphatic carbocycles. The van der Waals surface area contributed by atoms with Gasteiger partial charge in [-0.05, 0) is 85.9 Å². The van der Waals surface area contributed by atoms with Gasteiger partial charge in [0.1, 0.15) is 41.5 Å². The summed E-state index contributed by atoms with van der Waals surface area (Å²) in [6.45, 7) is 9.42. The molecule has 3 saturated heterocycles. The summed E-state index contributed by atoms with van der Waals surface area (Å²) in [5.74, 6) is -2.89. The summed E-state index contributed by atoms with van der Waals surface area (Å²) in [7, 11) is 1.59. The largest absolute Gasteiger partial charge is 0.460 e. The van der Waals surface area contributed by atoms with E-state index in [2.05, 4.69) is 41.8 Å². The number of esters is 2. The molecule has 0 radical (unpaired) electrons. The molecule has 8 atom stereocenters. The van der Waals surface area contributed by atoms with Crippen molar-refractivity contribution in [2.24, 2.45) is 5.41 Å². The van der Waals surface area contributed by atoms with Crippen molar-refractivity contribution in [1.82, 2.24) is 15.3 Å². The van der Waals surface area contributed by atoms with E-state index in [1.165, 1.54) is 4.90 Å². The van der Waals surface area contributed by atoms with E-state index < -0.39 is 89.7 Å². The van der Waals surface area contributed by atoms with Crippen LogP contribution in [0.1, 0.15) is 116 Å². The molecule has 6 rings (SSSR count). The Morgan fingerprint density at radius 3 is 2.28 bits per heavy atom. The van der Waals surface area contributed by atoms with Crippen molar-refractivity contribution in [3.05, 3.63) is 69.3 Å². The zero-order chi connectivity index (χ0) is 43.2. The number of unbranched alkanes of at least 4 members (excludes halogenated alkanes) is 4. The first-order valence-corrected chi connectivity index (χ1v) is 22.9. The number of carbonyl (C=O) groups is 4. The highest BCUT2D eigenvalue weighted by molar-refractivity contribution is 14.1. The van der Waals surface area contributed by atoms with Gasteiger partial charge in [0.25, 0.3) is 0 Å². The van der Waals surface area contributed by atoms with E-state index in [0.29, 0.717) is 12.8 Å². The van der Waals surface area contributed by atoms with Crippen molar-refractivity contribution >= 4 is 46.3 Å². The number of hydrogen-bond acceptors (Lipinski definition) is 11. The molecule has 0 spiro atoms. The Labute approximate surface area is 368 Å². The van der Waals surface area contributed by atoms with Gasteiger partial charge in [0, 0.05) is 42.7 Å². The number of aliphatic hydroxyl groups excluding tert-OH is 1. The van der Waals surface area contributed by atoms with E-state index in [-0.39, 0.29) is 32.2 Å². The Morgan fingerprint density at radius 2 is 1.65 bits per heavy atom. The third kappa shape index (κ3) is 10.4. The molecular formula is C46H64IN3O10. The zero-order valence-electron chi connectivity index (χ0n) is 36.0. The maximum atomic E-state index is 15.7. The molecule has 2 N–H and O–H groups in total. The van der Waals surface area contributed by atoms with Crippen LogP contribution >= 0.6 is 22.6 Å². The summed E-state index contributed by atoms with van der Waals surface area (Å²) in [6, 6.07) is 14.3. The van der Waals surface area contributed by atoms with E-state index in [0.717, 1.165) is 53.2 Å². The van der Waals surface area contributed by atoms with Gasteiger partial charge < -0.3 is 34.3 Å². The Hall–Kier alpha value is -3.15. The molecule has 0 aromatic heterocycles. The monoisotopic (exact) mass is 945 g/mol. The molecule has 2 aromatic rings. The SMILES string of the molecule is CCCCCC1(CCCCC)O[C@@H]2[C@H](O1)[C@H]1ON(Cc3cccc(I)c3)[C@H]3C(=O)O[C@@H]2C[C@@]13C(=O)N(C)[C@H](Cc1ccccc1)C(=O)N[C@H](CO)CCC(=O)OC(C)(C)C. The van der Waals surface area contributed by atoms with Crippen molar-refractivity contribution < 1.29 is 48.1 Å². The van der Waals surface area contributed by atoms with Crippen molar-refractivity contribution in [2.75, 3.05) is 13.7 Å². The molecule has 14 heteroatoms. The lowest BCUT2D eigenvalue weighted by molar-refractivity contribution is -0.225. The summed E-state index contributed by atoms with van der Waals surface area (Å²) in [5.41, 5.74) is -0.471. The maximum Gasteiger partial charge on any atom is 0.327 e. The Bertz CT molecular complexity index is 1800. The number of amides is 2. The summed E-state index contributed by atoms with van der Waals surface area (Å²) in [6.07, 6.45) is 4.53. The third-order valence-corrected chi connectivity index (χ3v) is 12.9. The van der Waals surface area contributed by atoms with Gasteiger partial charge in [-0.3, -0.25) is 24.0 Å². The molecule has 1 saturated carbocycles. The van der Waals surface area contributed by atoms with Gasteiger partial charge in [-0.2, -0.15) is 5.06 Å². The highest BCUT2D eigenvalue weighted by atomic mass is 127. The van der Waals surface area contributed by atoms with Gasteiger partial charge in [-0.15, -0.1) is 0 Å². The second-order valence-electron chi connectivity index (χ2n) is 18.0. The smallest absolute Gasteiger partial charge is 0.327 e. The Balaban J connectivity index is 1.36. The lowest BCUT2D eigenvalue weighted by Gasteiger charge is -2.50. The number of ether oxygens (including phenoxy) is 4. The molecule has 60 heavy (non-hydrogen) atoms. The number of fused-ring (bicyclic) bond motifs is 4. The number of halogens is 1. The molecular weight excluding hydrogens is 881 g/mol. The first kappa shape index (κ1) is 46.4. The molecule has 0 unspecified atom stereocenters. The topological polar surface area (TPSA) is 153 Å². The minimum absolute atomic E-state index is 0.0203. The number of hydroxylamine groups is 2. The summed E-state index contributed by atoms with van der Waals surface area (Å²) in [4.78, 5) is 65.6. The molecule has 330 valence electrons. The van der Waals surface area contributed by atoms with Gasteiger partial charge >= 0.3 is 11.9 Å². The number of carbonyl (C=O) groups excluding carboxylic acids is 4. The average molecular weight is 946 g/mol. The Kier molecular flexibility index (Phi) is 15.4. The van der Waals surface area contributed by atoms with Crippen LogP contribution in [0.2, 0.25) is 0 Å². The van der Waals surface area contributed by atoms with Crippen LogP contribution < -0.4 is 5.32 Å². The first-order chi connectivity index (χ1) is 28.6. The van der Waals surface area contributed by atoms with Gasteiger partial charge in [-0.1, -0.05) is 82.0 Å². The lowest BCUT2D eigenvalue weighted by Crippen LogP contribution is -2.70. The fraction of sp³-hybridized carbons (Fsp3) is 0.652. The van der Waals surface area contributed by atoms with Crippen LogP contribution in [0.25, 0.3) is 0 Å². The molecule has 3 heterocycles. The van der Waals surface area contributed by atoms with E-state index >= 15 is 4.79 Å². The van der Waals surface area contributed by atoms with Gasteiger partial charge in [0.05, 0.1) is 19.2 Å². The summed E-state index contributed by atoms with van der Waals surface area (Å²) < 4.78 is 26.7. The van der Waals surface area contributed by atoms with Crippen LogP contribution in [0.5, 0.6) is 0 Å². The van der Waals surface area contributed by atoms with Crippen LogP contribution in [0, 0.1) is 8.99 Å². The zero-order valence-corrected chi connectivity index (χ0v) is 38.2. The second-order valence-corrected chi connectivity index (χ2v) is 19.2. The molecule has 2 bridgehead atoms. The third-order valence-electron chi connectivity index (χ3n) is 12.2. The van der Waals surface area contributed by atoms with Crippen molar-refractivity contribution in [3.63, 3.8) is 0 Å². The van der Waals surface area contributed by atoms with Crippen LogP contribution in [0.3, 0.4) is 0 Å². The summed E-state index contributed by atoms with van der Waals surface area (Å²) in [5, 5.41) is 14.9. The molecule has 3 aliphatic heterocycles. The fourth-order valence-electron chi connectivity index (χ4n) is 9.40. The Morgan fingerprint density at radius 1 is 0.983 bits per heavy atom. The number of rotatable bonds is 20. The van der Waals surface area contributed by atoms with Crippen LogP contribution in [-0.4, -0.2) is 106 Å². The number of aliphatic hydroxyl groups is 1. The normalized spacial score (nSPS) is 26.5. The predicted octanol–water partition coefficient (Wildman–Crippen LogP) is 6.40. The molecule has 4 fully saturated rings. The van der Waals surface area contributed by atoms with Crippen molar-refractivity contribution in [2.45, 2.75) is 172 Å². The highest BCUT2D eigenvalue weighted by Crippen LogP contribution is 2.58. The standard InChI is InChI=1S/C46H64IN3O10/c1-7-9-14-23-45(24-15-10-8-2)58-37-35-27-46(39(42(54)56-35)50(60-40(46)38(37)59-45)28-31-19-16-20-32(47)25-31)43(55)49(6)34(26-30-17-12-11-13-18-30)41(53)48-33(29-51)21-22-36(52)57-44(3,4)5/h11-13,16-20,25,33-35,37-40,51H,7-10,14-15,21-24,26-29H2,1-6H3,(H,48,53)/t33-,34+,35+,37-,38-,39-,40+,46-/m0/s1. The number of likely N-dealkylation sites (N-methyl/N-ethyl adjacent to an activating group) is 1. The van der Waals surface area contributed by atoms with Crippen molar-refractivity contribution in [1.29, 1.82) is 0 Å². The van der Waals surface area contributed by atoms with Gasteiger partial charge in [-0.25, -0.2) is 0 Å². The first-order valence-electron chi connectivity index (χ1n) is 21.8. The highest BCUT2D eigenvalue weighted by Gasteiger charge is 2.76. The molecule has 2 amide bonds. The van der Waals surface area contributed by atoms with E-state index in [1.807, 2.05) is 54.6 Å². The van der Waals surface area contributed by atoms with E-state index in [1.54, 1.807) is 32.9 Å². The van der Waals surface area contributed by atoms with Gasteiger partial charge in [0.15, 0.2) is 11.8 Å².